The molecule has 2 heterocycles. The van der Waals surface area contributed by atoms with Crippen molar-refractivity contribution in [1.29, 1.82) is 0 Å². The van der Waals surface area contributed by atoms with E-state index in [2.05, 4.69) is 15.5 Å². The predicted octanol–water partition coefficient (Wildman–Crippen LogP) is 1.44. The maximum Gasteiger partial charge on any atom is 0.371 e. The van der Waals surface area contributed by atoms with Crippen LogP contribution >= 0.6 is 11.3 Å². The second-order valence-electron chi connectivity index (χ2n) is 2.67. The smallest absolute Gasteiger partial charge is 0.371 e. The molecule has 0 unspecified atom stereocenters. The van der Waals surface area contributed by atoms with Crippen molar-refractivity contribution in [3.8, 4) is 0 Å². The number of aromatic carboxylic acids is 1. The lowest BCUT2D eigenvalue weighted by molar-refractivity contribution is 0.0660. The molecule has 0 aliphatic heterocycles. The van der Waals surface area contributed by atoms with E-state index in [0.717, 1.165) is 0 Å². The average Bonchev–Trinajstić information content (AvgIpc) is 2.86. The number of nitrogens with one attached hydrogen (secondary N) is 1. The Kier molecular flexibility index (Phi) is 2.64. The number of carboxylic acids is 1. The van der Waals surface area contributed by atoms with Crippen molar-refractivity contribution in [2.45, 2.75) is 6.54 Å². The average molecular weight is 225 g/mol. The van der Waals surface area contributed by atoms with Crippen LogP contribution in [-0.4, -0.2) is 21.3 Å². The van der Waals surface area contributed by atoms with Gasteiger partial charge in [-0.2, -0.15) is 0 Å². The van der Waals surface area contributed by atoms with Crippen LogP contribution in [0, 0.1) is 0 Å². The minimum atomic E-state index is -1.07. The lowest BCUT2D eigenvalue weighted by Crippen LogP contribution is -1.98. The molecular weight excluding hydrogens is 218 g/mol. The number of furan rings is 1. The Morgan fingerprint density at radius 1 is 1.60 bits per heavy atom. The van der Waals surface area contributed by atoms with Gasteiger partial charge in [0, 0.05) is 0 Å². The summed E-state index contributed by atoms with van der Waals surface area (Å²) in [6, 6.07) is 3.02. The number of aromatic nitrogens is 2. The molecule has 6 nitrogen and oxygen atoms in total. The first kappa shape index (κ1) is 9.66. The number of hydrogen-bond donors (Lipinski definition) is 2. The van der Waals surface area contributed by atoms with E-state index in [1.54, 1.807) is 11.6 Å². The van der Waals surface area contributed by atoms with Crippen molar-refractivity contribution < 1.29 is 14.3 Å². The SMILES string of the molecule is O=C(O)c1ccc(CNc2nncs2)o1. The summed E-state index contributed by atoms with van der Waals surface area (Å²) >= 11 is 1.36. The van der Waals surface area contributed by atoms with Gasteiger partial charge in [-0.1, -0.05) is 11.3 Å². The molecule has 0 saturated carbocycles. The van der Waals surface area contributed by atoms with E-state index in [0.29, 0.717) is 17.4 Å². The molecule has 0 spiro atoms. The molecule has 0 aliphatic rings. The molecule has 0 bridgehead atoms. The largest absolute Gasteiger partial charge is 0.475 e. The molecule has 0 aromatic carbocycles. The van der Waals surface area contributed by atoms with E-state index < -0.39 is 5.97 Å². The van der Waals surface area contributed by atoms with Gasteiger partial charge in [0.15, 0.2) is 0 Å². The molecule has 0 radical (unpaired) electrons. The van der Waals surface area contributed by atoms with Gasteiger partial charge >= 0.3 is 5.97 Å². The maximum absolute atomic E-state index is 10.5. The van der Waals surface area contributed by atoms with Gasteiger partial charge in [-0.3, -0.25) is 0 Å². The monoisotopic (exact) mass is 225 g/mol. The van der Waals surface area contributed by atoms with Crippen LogP contribution < -0.4 is 5.32 Å². The topological polar surface area (TPSA) is 88.2 Å². The third-order valence-electron chi connectivity index (χ3n) is 1.65. The lowest BCUT2D eigenvalue weighted by atomic mass is 10.4. The number of hydrogen-bond acceptors (Lipinski definition) is 6. The second-order valence-corrected chi connectivity index (χ2v) is 3.50. The molecular formula is C8H7N3O3S. The van der Waals surface area contributed by atoms with Gasteiger partial charge in [-0.05, 0) is 12.1 Å². The van der Waals surface area contributed by atoms with Crippen molar-refractivity contribution in [3.63, 3.8) is 0 Å². The Morgan fingerprint density at radius 2 is 2.47 bits per heavy atom. The molecule has 2 rings (SSSR count). The standard InChI is InChI=1S/C8H7N3O3S/c12-7(13)6-2-1-5(14-6)3-9-8-11-10-4-15-8/h1-2,4H,3H2,(H,9,11)(H,12,13). The van der Waals surface area contributed by atoms with Gasteiger partial charge in [-0.25, -0.2) is 4.79 Å². The Bertz CT molecular complexity index is 451. The van der Waals surface area contributed by atoms with Crippen LogP contribution in [0.15, 0.2) is 22.1 Å². The number of anilines is 1. The highest BCUT2D eigenvalue weighted by molar-refractivity contribution is 7.13. The Morgan fingerprint density at radius 3 is 3.07 bits per heavy atom. The van der Waals surface area contributed by atoms with Crippen LogP contribution in [-0.2, 0) is 6.54 Å². The van der Waals surface area contributed by atoms with Crippen molar-refractivity contribution in [2.24, 2.45) is 0 Å². The van der Waals surface area contributed by atoms with Gasteiger partial charge in [0.05, 0.1) is 6.54 Å². The highest BCUT2D eigenvalue weighted by atomic mass is 32.1. The number of nitrogens with zero attached hydrogens (tertiary/aromatic N) is 2. The molecule has 0 atom stereocenters. The quantitative estimate of drug-likeness (QED) is 0.818. The Labute approximate surface area is 88.6 Å². The fourth-order valence-electron chi connectivity index (χ4n) is 1.00. The van der Waals surface area contributed by atoms with Crippen LogP contribution in [0.2, 0.25) is 0 Å². The number of carbonyl (C=O) groups is 1. The fourth-order valence-corrected chi connectivity index (χ4v) is 1.44. The van der Waals surface area contributed by atoms with Gasteiger partial charge < -0.3 is 14.8 Å². The molecule has 0 amide bonds. The molecule has 15 heavy (non-hydrogen) atoms. The highest BCUT2D eigenvalue weighted by Gasteiger charge is 2.08. The zero-order valence-corrected chi connectivity index (χ0v) is 8.32. The highest BCUT2D eigenvalue weighted by Crippen LogP contribution is 2.12. The zero-order chi connectivity index (χ0) is 10.7. The van der Waals surface area contributed by atoms with Crippen LogP contribution in [0.1, 0.15) is 16.3 Å². The van der Waals surface area contributed by atoms with Gasteiger partial charge in [-0.15, -0.1) is 10.2 Å². The molecule has 2 N–H and O–H groups in total. The first-order valence-electron chi connectivity index (χ1n) is 4.08. The summed E-state index contributed by atoms with van der Waals surface area (Å²) in [6.45, 7) is 0.391. The van der Waals surface area contributed by atoms with E-state index in [4.69, 9.17) is 9.52 Å². The fraction of sp³-hybridized carbons (Fsp3) is 0.125. The molecule has 7 heteroatoms. The summed E-state index contributed by atoms with van der Waals surface area (Å²) in [5, 5.41) is 19.7. The molecule has 78 valence electrons. The Balaban J connectivity index is 1.96. The van der Waals surface area contributed by atoms with Gasteiger partial charge in [0.25, 0.3) is 0 Å². The normalized spacial score (nSPS) is 10.1. The van der Waals surface area contributed by atoms with E-state index in [9.17, 15) is 4.79 Å². The second kappa shape index (κ2) is 4.09. The third-order valence-corrected chi connectivity index (χ3v) is 2.30. The molecule has 0 saturated heterocycles. The van der Waals surface area contributed by atoms with Crippen molar-refractivity contribution in [2.75, 3.05) is 5.32 Å². The third kappa shape index (κ3) is 2.32. The van der Waals surface area contributed by atoms with Crippen LogP contribution in [0.25, 0.3) is 0 Å². The zero-order valence-electron chi connectivity index (χ0n) is 7.51. The summed E-state index contributed by atoms with van der Waals surface area (Å²) in [6.07, 6.45) is 0. The molecule has 2 aromatic heterocycles. The van der Waals surface area contributed by atoms with Crippen molar-refractivity contribution in [1.82, 2.24) is 10.2 Å². The van der Waals surface area contributed by atoms with Crippen molar-refractivity contribution in [3.05, 3.63) is 29.2 Å². The first-order chi connectivity index (χ1) is 7.25. The lowest BCUT2D eigenvalue weighted by Gasteiger charge is -1.97. The summed E-state index contributed by atoms with van der Waals surface area (Å²) in [5.41, 5.74) is 1.60. The Hall–Kier alpha value is -1.89. The number of carboxylic acid groups (broad SMARTS) is 1. The molecule has 0 fully saturated rings. The molecule has 0 aliphatic carbocycles. The van der Waals surface area contributed by atoms with Crippen LogP contribution in [0.5, 0.6) is 0 Å². The van der Waals surface area contributed by atoms with E-state index in [1.165, 1.54) is 17.4 Å². The van der Waals surface area contributed by atoms with E-state index in [-0.39, 0.29) is 5.76 Å². The number of rotatable bonds is 4. The first-order valence-corrected chi connectivity index (χ1v) is 4.96. The van der Waals surface area contributed by atoms with Gasteiger partial charge in [0.2, 0.25) is 10.9 Å². The predicted molar refractivity (Wildman–Crippen MR) is 52.9 cm³/mol. The maximum atomic E-state index is 10.5. The summed E-state index contributed by atoms with van der Waals surface area (Å²) < 4.78 is 5.04. The van der Waals surface area contributed by atoms with Crippen LogP contribution in [0.4, 0.5) is 5.13 Å². The minimum Gasteiger partial charge on any atom is -0.475 e. The molecule has 2 aromatic rings. The van der Waals surface area contributed by atoms with E-state index >= 15 is 0 Å². The summed E-state index contributed by atoms with van der Waals surface area (Å²) in [7, 11) is 0. The van der Waals surface area contributed by atoms with Crippen molar-refractivity contribution >= 4 is 22.4 Å². The van der Waals surface area contributed by atoms with Gasteiger partial charge in [0.1, 0.15) is 11.3 Å². The summed E-state index contributed by atoms with van der Waals surface area (Å²) in [5.74, 6) is -0.594. The van der Waals surface area contributed by atoms with E-state index in [1.807, 2.05) is 0 Å². The summed E-state index contributed by atoms with van der Waals surface area (Å²) in [4.78, 5) is 10.5. The minimum absolute atomic E-state index is 0.0657. The van der Waals surface area contributed by atoms with Crippen LogP contribution in [0.3, 0.4) is 0 Å².